The summed E-state index contributed by atoms with van der Waals surface area (Å²) in [7, 11) is -3.12. The van der Waals surface area contributed by atoms with Crippen LogP contribution < -0.4 is 0 Å². The number of sulfone groups is 1. The maximum atomic E-state index is 11.7. The van der Waals surface area contributed by atoms with Crippen molar-refractivity contribution >= 4 is 27.4 Å². The molecule has 4 nitrogen and oxygen atoms in total. The Morgan fingerprint density at radius 3 is 2.47 bits per heavy atom. The Labute approximate surface area is 117 Å². The van der Waals surface area contributed by atoms with Crippen molar-refractivity contribution in [1.82, 2.24) is 0 Å². The topological polar surface area (TPSA) is 71.4 Å². The van der Waals surface area contributed by atoms with Gasteiger partial charge >= 0.3 is 5.97 Å². The molecule has 1 N–H and O–H groups in total. The maximum Gasteiger partial charge on any atom is 0.311 e. The number of rotatable bonds is 3. The summed E-state index contributed by atoms with van der Waals surface area (Å²) in [6.07, 6.45) is 1.16. The molecule has 1 aromatic rings. The Hall–Kier alpha value is -1.07. The standard InChI is InChI=1S/C13H15ClO4S/c14-11-5-3-9(4-6-11)12(13(15)16)10-2-1-7-19(17,18)8-10/h3-6,10,12H,1-2,7-8H2,(H,15,16). The van der Waals surface area contributed by atoms with Crippen LogP contribution in [0, 0.1) is 5.92 Å². The molecule has 1 aromatic carbocycles. The highest BCUT2D eigenvalue weighted by atomic mass is 35.5. The van der Waals surface area contributed by atoms with E-state index in [-0.39, 0.29) is 17.4 Å². The van der Waals surface area contributed by atoms with Crippen molar-refractivity contribution in [2.75, 3.05) is 11.5 Å². The highest BCUT2D eigenvalue weighted by molar-refractivity contribution is 7.91. The molecule has 0 bridgehead atoms. The minimum atomic E-state index is -3.12. The average Bonchev–Trinajstić information content (AvgIpc) is 2.30. The summed E-state index contributed by atoms with van der Waals surface area (Å²) in [4.78, 5) is 11.5. The third-order valence-corrected chi connectivity index (χ3v) is 5.56. The lowest BCUT2D eigenvalue weighted by Crippen LogP contribution is -2.32. The Bertz CT molecular complexity index is 565. The van der Waals surface area contributed by atoms with E-state index >= 15 is 0 Å². The molecule has 1 saturated heterocycles. The van der Waals surface area contributed by atoms with E-state index in [1.54, 1.807) is 24.3 Å². The van der Waals surface area contributed by atoms with Crippen molar-refractivity contribution in [1.29, 1.82) is 0 Å². The van der Waals surface area contributed by atoms with Gasteiger partial charge in [0.25, 0.3) is 0 Å². The van der Waals surface area contributed by atoms with E-state index in [1.165, 1.54) is 0 Å². The number of benzene rings is 1. The maximum absolute atomic E-state index is 11.7. The fourth-order valence-electron chi connectivity index (χ4n) is 2.61. The van der Waals surface area contributed by atoms with Crippen molar-refractivity contribution in [3.8, 4) is 0 Å². The predicted octanol–water partition coefficient (Wildman–Crippen LogP) is 2.33. The first-order chi connectivity index (χ1) is 8.89. The van der Waals surface area contributed by atoms with E-state index in [0.29, 0.717) is 23.4 Å². The van der Waals surface area contributed by atoms with Gasteiger partial charge in [0.05, 0.1) is 17.4 Å². The summed E-state index contributed by atoms with van der Waals surface area (Å²) in [5, 5.41) is 9.92. The first kappa shape index (κ1) is 14.3. The molecule has 104 valence electrons. The molecule has 1 aliphatic heterocycles. The molecule has 1 fully saturated rings. The zero-order valence-electron chi connectivity index (χ0n) is 10.3. The molecule has 2 unspecified atom stereocenters. The van der Waals surface area contributed by atoms with Crippen LogP contribution in [0.2, 0.25) is 5.02 Å². The molecule has 0 aromatic heterocycles. The van der Waals surface area contributed by atoms with Crippen LogP contribution in [0.1, 0.15) is 24.3 Å². The molecular formula is C13H15ClO4S. The Morgan fingerprint density at radius 2 is 1.95 bits per heavy atom. The summed E-state index contributed by atoms with van der Waals surface area (Å²) in [5.41, 5.74) is 0.610. The Kier molecular flexibility index (Phi) is 4.16. The van der Waals surface area contributed by atoms with Crippen LogP contribution in [-0.2, 0) is 14.6 Å². The first-order valence-corrected chi connectivity index (χ1v) is 8.28. The fourth-order valence-corrected chi connectivity index (χ4v) is 4.52. The molecule has 0 saturated carbocycles. The van der Waals surface area contributed by atoms with Crippen LogP contribution in [0.5, 0.6) is 0 Å². The number of aliphatic carboxylic acids is 1. The summed E-state index contributed by atoms with van der Waals surface area (Å²) in [5.74, 6) is -2.02. The third kappa shape index (κ3) is 3.48. The molecule has 6 heteroatoms. The first-order valence-electron chi connectivity index (χ1n) is 6.08. The molecule has 1 aliphatic rings. The van der Waals surface area contributed by atoms with Crippen molar-refractivity contribution < 1.29 is 18.3 Å². The van der Waals surface area contributed by atoms with E-state index in [2.05, 4.69) is 0 Å². The molecule has 0 spiro atoms. The van der Waals surface area contributed by atoms with Crippen LogP contribution in [0.15, 0.2) is 24.3 Å². The van der Waals surface area contributed by atoms with Crippen molar-refractivity contribution in [2.45, 2.75) is 18.8 Å². The Morgan fingerprint density at radius 1 is 1.32 bits per heavy atom. The number of hydrogen-bond acceptors (Lipinski definition) is 3. The Balaban J connectivity index is 2.30. The van der Waals surface area contributed by atoms with Gasteiger partial charge in [-0.1, -0.05) is 23.7 Å². The summed E-state index contributed by atoms with van der Waals surface area (Å²) >= 11 is 5.78. The van der Waals surface area contributed by atoms with Gasteiger partial charge in [-0.05, 0) is 36.5 Å². The van der Waals surface area contributed by atoms with Gasteiger partial charge in [-0.25, -0.2) is 8.42 Å². The number of carboxylic acid groups (broad SMARTS) is 1. The zero-order chi connectivity index (χ0) is 14.0. The van der Waals surface area contributed by atoms with Crippen molar-refractivity contribution in [3.05, 3.63) is 34.9 Å². The lowest BCUT2D eigenvalue weighted by molar-refractivity contribution is -0.140. The molecule has 19 heavy (non-hydrogen) atoms. The number of carboxylic acids is 1. The number of hydrogen-bond donors (Lipinski definition) is 1. The van der Waals surface area contributed by atoms with Crippen molar-refractivity contribution in [2.24, 2.45) is 5.92 Å². The highest BCUT2D eigenvalue weighted by Crippen LogP contribution is 2.33. The smallest absolute Gasteiger partial charge is 0.311 e. The molecule has 0 radical (unpaired) electrons. The molecule has 0 aliphatic carbocycles. The van der Waals surface area contributed by atoms with Gasteiger partial charge in [0.1, 0.15) is 0 Å². The van der Waals surface area contributed by atoms with Crippen LogP contribution >= 0.6 is 11.6 Å². The summed E-state index contributed by atoms with van der Waals surface area (Å²) in [6.45, 7) is 0. The predicted molar refractivity (Wildman–Crippen MR) is 73.2 cm³/mol. The number of halogens is 1. The van der Waals surface area contributed by atoms with E-state index in [0.717, 1.165) is 0 Å². The van der Waals surface area contributed by atoms with Crippen LogP contribution in [0.3, 0.4) is 0 Å². The normalized spacial score (nSPS) is 23.7. The largest absolute Gasteiger partial charge is 0.481 e. The van der Waals surface area contributed by atoms with Gasteiger partial charge in [-0.3, -0.25) is 4.79 Å². The van der Waals surface area contributed by atoms with Gasteiger partial charge in [0, 0.05) is 5.02 Å². The van der Waals surface area contributed by atoms with Gasteiger partial charge in [-0.15, -0.1) is 0 Å². The highest BCUT2D eigenvalue weighted by Gasteiger charge is 2.35. The molecule has 0 amide bonds. The summed E-state index contributed by atoms with van der Waals surface area (Å²) in [6, 6.07) is 6.57. The van der Waals surface area contributed by atoms with Gasteiger partial charge in [-0.2, -0.15) is 0 Å². The molecular weight excluding hydrogens is 288 g/mol. The van der Waals surface area contributed by atoms with E-state index in [1.807, 2.05) is 0 Å². The minimum absolute atomic E-state index is 0.0490. The average molecular weight is 303 g/mol. The summed E-state index contributed by atoms with van der Waals surface area (Å²) < 4.78 is 23.3. The molecule has 1 heterocycles. The third-order valence-electron chi connectivity index (χ3n) is 3.46. The second-order valence-electron chi connectivity index (χ2n) is 4.88. The molecule has 2 rings (SSSR count). The van der Waals surface area contributed by atoms with Crippen LogP contribution in [0.25, 0.3) is 0 Å². The van der Waals surface area contributed by atoms with Gasteiger partial charge in [0.15, 0.2) is 9.84 Å². The van der Waals surface area contributed by atoms with E-state index in [4.69, 9.17) is 11.6 Å². The monoisotopic (exact) mass is 302 g/mol. The van der Waals surface area contributed by atoms with E-state index < -0.39 is 21.7 Å². The van der Waals surface area contributed by atoms with Crippen LogP contribution in [0.4, 0.5) is 0 Å². The minimum Gasteiger partial charge on any atom is -0.481 e. The van der Waals surface area contributed by atoms with E-state index in [9.17, 15) is 18.3 Å². The van der Waals surface area contributed by atoms with Crippen LogP contribution in [-0.4, -0.2) is 31.0 Å². The SMILES string of the molecule is O=C(O)C(c1ccc(Cl)cc1)C1CCCS(=O)(=O)C1. The van der Waals surface area contributed by atoms with Gasteiger partial charge < -0.3 is 5.11 Å². The second kappa shape index (κ2) is 5.51. The second-order valence-corrected chi connectivity index (χ2v) is 7.55. The molecule has 2 atom stereocenters. The lowest BCUT2D eigenvalue weighted by atomic mass is 9.84. The van der Waals surface area contributed by atoms with Gasteiger partial charge in [0.2, 0.25) is 0 Å². The quantitative estimate of drug-likeness (QED) is 0.930. The lowest BCUT2D eigenvalue weighted by Gasteiger charge is -2.27. The zero-order valence-corrected chi connectivity index (χ0v) is 11.8. The fraction of sp³-hybridized carbons (Fsp3) is 0.462. The van der Waals surface area contributed by atoms with Crippen molar-refractivity contribution in [3.63, 3.8) is 0 Å². The number of carbonyl (C=O) groups is 1.